The molecule has 56 valence electrons. The third kappa shape index (κ3) is 1.45. The van der Waals surface area contributed by atoms with Crippen LogP contribution in [-0.4, -0.2) is 21.1 Å². The van der Waals surface area contributed by atoms with Crippen LogP contribution in [-0.2, 0) is 0 Å². The Bertz CT molecular complexity index is 191. The number of alkyl halides is 2. The van der Waals surface area contributed by atoms with Gasteiger partial charge in [0.15, 0.2) is 6.10 Å². The summed E-state index contributed by atoms with van der Waals surface area (Å²) in [5.74, 6) is 0. The molecule has 0 radical (unpaired) electrons. The number of aromatic nitrogens is 2. The fourth-order valence-corrected chi connectivity index (χ4v) is 0.913. The van der Waals surface area contributed by atoms with E-state index < -0.39 is 12.5 Å². The van der Waals surface area contributed by atoms with E-state index in [1.807, 2.05) is 0 Å². The summed E-state index contributed by atoms with van der Waals surface area (Å²) in [6.45, 7) is 0. The Kier molecular flexibility index (Phi) is 2.23. The van der Waals surface area contributed by atoms with E-state index in [0.717, 1.165) is 11.5 Å². The first-order chi connectivity index (χ1) is 4.72. The van der Waals surface area contributed by atoms with Crippen LogP contribution >= 0.6 is 11.5 Å². The van der Waals surface area contributed by atoms with Crippen LogP contribution in [0, 0.1) is 0 Å². The highest BCUT2D eigenvalue weighted by Crippen LogP contribution is 2.18. The van der Waals surface area contributed by atoms with Crippen molar-refractivity contribution < 1.29 is 13.9 Å². The summed E-state index contributed by atoms with van der Waals surface area (Å²) >= 11 is 0.931. The highest BCUT2D eigenvalue weighted by Gasteiger charge is 2.20. The van der Waals surface area contributed by atoms with Crippen molar-refractivity contribution in [1.29, 1.82) is 0 Å². The molecule has 0 bridgehead atoms. The van der Waals surface area contributed by atoms with Crippen LogP contribution in [0.25, 0.3) is 0 Å². The van der Waals surface area contributed by atoms with E-state index in [1.54, 1.807) is 0 Å². The Labute approximate surface area is 59.5 Å². The lowest BCUT2D eigenvalue weighted by atomic mass is 10.3. The molecule has 1 atom stereocenters. The Hall–Kier alpha value is -0.620. The predicted molar refractivity (Wildman–Crippen MR) is 30.9 cm³/mol. The molecule has 6 heteroatoms. The number of aliphatic hydroxyl groups is 1. The van der Waals surface area contributed by atoms with Gasteiger partial charge in [-0.25, -0.2) is 8.78 Å². The van der Waals surface area contributed by atoms with Gasteiger partial charge in [-0.2, -0.15) is 0 Å². The van der Waals surface area contributed by atoms with E-state index >= 15 is 0 Å². The van der Waals surface area contributed by atoms with Gasteiger partial charge in [-0.3, -0.25) is 0 Å². The van der Waals surface area contributed by atoms with Gasteiger partial charge in [-0.05, 0) is 11.5 Å². The van der Waals surface area contributed by atoms with Gasteiger partial charge in [0.05, 0.1) is 0 Å². The maximum absolute atomic E-state index is 11.7. The van der Waals surface area contributed by atoms with E-state index in [-0.39, 0.29) is 5.69 Å². The second kappa shape index (κ2) is 2.98. The van der Waals surface area contributed by atoms with Gasteiger partial charge in [-0.1, -0.05) is 4.49 Å². The SMILES string of the molecule is OC(c1csnn1)C(F)F. The molecule has 10 heavy (non-hydrogen) atoms. The molecular formula is C4H4F2N2OS. The zero-order chi connectivity index (χ0) is 7.56. The largest absolute Gasteiger partial charge is 0.381 e. The molecule has 0 aliphatic rings. The topological polar surface area (TPSA) is 46.0 Å². The molecule has 1 N–H and O–H groups in total. The van der Waals surface area contributed by atoms with Crippen LogP contribution in [0.4, 0.5) is 8.78 Å². The fraction of sp³-hybridized carbons (Fsp3) is 0.500. The third-order valence-electron chi connectivity index (χ3n) is 0.919. The molecule has 1 aromatic rings. The number of halogens is 2. The van der Waals surface area contributed by atoms with E-state index in [4.69, 9.17) is 5.11 Å². The van der Waals surface area contributed by atoms with Gasteiger partial charge in [-0.15, -0.1) is 5.10 Å². The Morgan fingerprint density at radius 1 is 1.60 bits per heavy atom. The predicted octanol–water partition coefficient (Wildman–Crippen LogP) is 0.837. The van der Waals surface area contributed by atoms with Crippen LogP contribution < -0.4 is 0 Å². The molecule has 0 amide bonds. The molecule has 0 saturated heterocycles. The molecule has 0 aromatic carbocycles. The summed E-state index contributed by atoms with van der Waals surface area (Å²) in [6, 6.07) is 0. The molecule has 0 fully saturated rings. The van der Waals surface area contributed by atoms with Gasteiger partial charge in [0.25, 0.3) is 6.43 Å². The summed E-state index contributed by atoms with van der Waals surface area (Å²) in [7, 11) is 0. The summed E-state index contributed by atoms with van der Waals surface area (Å²) in [6.07, 6.45) is -4.58. The average Bonchev–Trinajstić information content (AvgIpc) is 2.36. The minimum absolute atomic E-state index is 0.0694. The molecule has 1 rings (SSSR count). The van der Waals surface area contributed by atoms with Gasteiger partial charge >= 0.3 is 0 Å². The number of hydrogen-bond acceptors (Lipinski definition) is 4. The highest BCUT2D eigenvalue weighted by atomic mass is 32.1. The number of rotatable bonds is 2. The molecule has 3 nitrogen and oxygen atoms in total. The lowest BCUT2D eigenvalue weighted by Gasteiger charge is -2.02. The van der Waals surface area contributed by atoms with Crippen molar-refractivity contribution >= 4 is 11.5 Å². The highest BCUT2D eigenvalue weighted by molar-refractivity contribution is 7.03. The van der Waals surface area contributed by atoms with Crippen molar-refractivity contribution in [2.75, 3.05) is 0 Å². The Morgan fingerprint density at radius 2 is 2.30 bits per heavy atom. The van der Waals surface area contributed by atoms with Crippen molar-refractivity contribution in [2.24, 2.45) is 0 Å². The summed E-state index contributed by atoms with van der Waals surface area (Å²) in [5.41, 5.74) is -0.0694. The normalized spacial score (nSPS) is 14.0. The maximum atomic E-state index is 11.7. The third-order valence-corrected chi connectivity index (χ3v) is 1.44. The Morgan fingerprint density at radius 3 is 2.70 bits per heavy atom. The van der Waals surface area contributed by atoms with E-state index in [0.29, 0.717) is 0 Å². The molecule has 1 aromatic heterocycles. The summed E-state index contributed by atoms with van der Waals surface area (Å²) in [4.78, 5) is 0. The molecule has 1 unspecified atom stereocenters. The van der Waals surface area contributed by atoms with E-state index in [9.17, 15) is 8.78 Å². The lowest BCUT2D eigenvalue weighted by molar-refractivity contribution is -0.00820. The molecule has 0 saturated carbocycles. The second-order valence-corrected chi connectivity index (χ2v) is 2.22. The summed E-state index contributed by atoms with van der Waals surface area (Å²) < 4.78 is 26.7. The van der Waals surface area contributed by atoms with Crippen molar-refractivity contribution in [3.05, 3.63) is 11.1 Å². The number of nitrogens with zero attached hydrogens (tertiary/aromatic N) is 2. The minimum atomic E-state index is -2.79. The molecule has 1 heterocycles. The first-order valence-corrected chi connectivity index (χ1v) is 3.28. The van der Waals surface area contributed by atoms with E-state index in [1.165, 1.54) is 5.38 Å². The second-order valence-electron chi connectivity index (χ2n) is 1.61. The number of hydrogen-bond donors (Lipinski definition) is 1. The zero-order valence-corrected chi connectivity index (χ0v) is 5.55. The molecule has 0 aliphatic carbocycles. The van der Waals surface area contributed by atoms with Crippen molar-refractivity contribution in [3.8, 4) is 0 Å². The van der Waals surface area contributed by atoms with Gasteiger partial charge in [0.1, 0.15) is 5.69 Å². The van der Waals surface area contributed by atoms with Crippen molar-refractivity contribution in [1.82, 2.24) is 9.59 Å². The van der Waals surface area contributed by atoms with Crippen LogP contribution in [0.1, 0.15) is 11.8 Å². The average molecular weight is 166 g/mol. The van der Waals surface area contributed by atoms with Crippen LogP contribution in [0.3, 0.4) is 0 Å². The van der Waals surface area contributed by atoms with Crippen LogP contribution in [0.5, 0.6) is 0 Å². The van der Waals surface area contributed by atoms with E-state index in [2.05, 4.69) is 9.59 Å². The molecular weight excluding hydrogens is 162 g/mol. The van der Waals surface area contributed by atoms with Gasteiger partial charge < -0.3 is 5.11 Å². The molecule has 0 spiro atoms. The van der Waals surface area contributed by atoms with Crippen LogP contribution in [0.15, 0.2) is 5.38 Å². The smallest absolute Gasteiger partial charge is 0.269 e. The van der Waals surface area contributed by atoms with Gasteiger partial charge in [0, 0.05) is 5.38 Å². The molecule has 0 aliphatic heterocycles. The van der Waals surface area contributed by atoms with Crippen molar-refractivity contribution in [2.45, 2.75) is 12.5 Å². The quantitative estimate of drug-likeness (QED) is 0.708. The Balaban J connectivity index is 2.68. The van der Waals surface area contributed by atoms with Crippen LogP contribution in [0.2, 0.25) is 0 Å². The monoisotopic (exact) mass is 166 g/mol. The minimum Gasteiger partial charge on any atom is -0.381 e. The standard InChI is InChI=1S/C4H4F2N2OS/c5-4(6)3(9)2-1-10-8-7-2/h1,3-4,9H. The summed E-state index contributed by atoms with van der Waals surface area (Å²) in [5, 5.41) is 13.2. The maximum Gasteiger partial charge on any atom is 0.269 e. The number of aliphatic hydroxyl groups excluding tert-OH is 1. The zero-order valence-electron chi connectivity index (χ0n) is 4.74. The lowest BCUT2D eigenvalue weighted by Crippen LogP contribution is -2.08. The fourth-order valence-electron chi connectivity index (χ4n) is 0.430. The van der Waals surface area contributed by atoms with Crippen molar-refractivity contribution in [3.63, 3.8) is 0 Å². The first-order valence-electron chi connectivity index (χ1n) is 2.45. The first kappa shape index (κ1) is 7.49. The van der Waals surface area contributed by atoms with Gasteiger partial charge in [0.2, 0.25) is 0 Å².